The lowest BCUT2D eigenvalue weighted by molar-refractivity contribution is -0.111. The molecule has 26 heavy (non-hydrogen) atoms. The van der Waals surface area contributed by atoms with Gasteiger partial charge in [-0.2, -0.15) is 0 Å². The first kappa shape index (κ1) is 19.8. The number of ketones is 1. The molecule has 0 spiro atoms. The molecule has 0 aromatic heterocycles. The third kappa shape index (κ3) is 5.52. The van der Waals surface area contributed by atoms with Gasteiger partial charge in [0, 0.05) is 37.4 Å². The summed E-state index contributed by atoms with van der Waals surface area (Å²) in [7, 11) is 0. The van der Waals surface area contributed by atoms with E-state index in [1.165, 1.54) is 12.2 Å². The molecule has 0 amide bonds. The number of hydrogen-bond acceptors (Lipinski definition) is 7. The Morgan fingerprint density at radius 3 is 2.31 bits per heavy atom. The summed E-state index contributed by atoms with van der Waals surface area (Å²) in [6, 6.07) is 7.41. The molecule has 0 atom stereocenters. The smallest absolute Gasteiger partial charge is 0.185 e. The fraction of sp³-hybridized carbons (Fsp3) is 0.368. The standard InChI is InChI=1S/C19H25N3O4/c1-14-18(25)7-6-17(19(14)26)21-16-4-2-15(3-5-16)20-8-9-22(10-12-23)11-13-24/h2-7,20,23-24,26H,8-13H2,1H3/b21-17+. The lowest BCUT2D eigenvalue weighted by Crippen LogP contribution is -2.34. The summed E-state index contributed by atoms with van der Waals surface area (Å²) in [6.07, 6.45) is 2.90. The molecule has 140 valence electrons. The summed E-state index contributed by atoms with van der Waals surface area (Å²) in [4.78, 5) is 17.8. The lowest BCUT2D eigenvalue weighted by Gasteiger charge is -2.20. The van der Waals surface area contributed by atoms with Crippen LogP contribution in [0.25, 0.3) is 0 Å². The molecule has 0 fully saturated rings. The third-order valence-corrected chi connectivity index (χ3v) is 4.07. The molecule has 0 bridgehead atoms. The topological polar surface area (TPSA) is 105 Å². The Balaban J connectivity index is 1.93. The molecule has 0 aliphatic heterocycles. The zero-order chi connectivity index (χ0) is 18.9. The molecule has 0 saturated carbocycles. The number of anilines is 1. The van der Waals surface area contributed by atoms with Crippen molar-refractivity contribution in [1.82, 2.24) is 4.90 Å². The van der Waals surface area contributed by atoms with Crippen molar-refractivity contribution in [2.24, 2.45) is 4.99 Å². The van der Waals surface area contributed by atoms with Gasteiger partial charge in [0.25, 0.3) is 0 Å². The molecule has 4 N–H and O–H groups in total. The van der Waals surface area contributed by atoms with Gasteiger partial charge in [-0.3, -0.25) is 9.69 Å². The van der Waals surface area contributed by atoms with Crippen LogP contribution in [0.1, 0.15) is 6.92 Å². The maximum atomic E-state index is 11.5. The van der Waals surface area contributed by atoms with Gasteiger partial charge in [-0.1, -0.05) is 0 Å². The van der Waals surface area contributed by atoms with Crippen LogP contribution in [0, 0.1) is 0 Å². The van der Waals surface area contributed by atoms with Crippen LogP contribution in [0.2, 0.25) is 0 Å². The molecule has 0 heterocycles. The van der Waals surface area contributed by atoms with Crippen molar-refractivity contribution in [3.05, 3.63) is 47.7 Å². The Kier molecular flexibility index (Phi) is 7.53. The van der Waals surface area contributed by atoms with E-state index in [0.29, 0.717) is 43.2 Å². The Bertz CT molecular complexity index is 702. The average Bonchev–Trinajstić information content (AvgIpc) is 2.64. The van der Waals surface area contributed by atoms with Crippen LogP contribution >= 0.6 is 0 Å². The van der Waals surface area contributed by atoms with Crippen molar-refractivity contribution in [1.29, 1.82) is 0 Å². The summed E-state index contributed by atoms with van der Waals surface area (Å²) in [5.74, 6) is -0.301. The van der Waals surface area contributed by atoms with E-state index in [1.54, 1.807) is 6.92 Å². The number of aliphatic hydroxyl groups is 3. The average molecular weight is 359 g/mol. The molecule has 2 rings (SSSR count). The molecular weight excluding hydrogens is 334 g/mol. The van der Waals surface area contributed by atoms with Gasteiger partial charge < -0.3 is 20.6 Å². The van der Waals surface area contributed by atoms with E-state index in [9.17, 15) is 9.90 Å². The number of aliphatic hydroxyl groups excluding tert-OH is 3. The molecule has 7 heteroatoms. The number of allylic oxidation sites excluding steroid dienone is 3. The van der Waals surface area contributed by atoms with Crippen molar-refractivity contribution < 1.29 is 20.1 Å². The number of rotatable bonds is 9. The summed E-state index contributed by atoms with van der Waals surface area (Å²) in [5.41, 5.74) is 2.25. The minimum Gasteiger partial charge on any atom is -0.505 e. The normalized spacial score (nSPS) is 16.0. The number of nitrogens with zero attached hydrogens (tertiary/aromatic N) is 2. The summed E-state index contributed by atoms with van der Waals surface area (Å²) in [6.45, 7) is 4.16. The fourth-order valence-electron chi connectivity index (χ4n) is 2.53. The van der Waals surface area contributed by atoms with Crippen LogP contribution in [-0.2, 0) is 4.79 Å². The second kappa shape index (κ2) is 9.86. The summed E-state index contributed by atoms with van der Waals surface area (Å²) >= 11 is 0. The van der Waals surface area contributed by atoms with E-state index in [2.05, 4.69) is 10.3 Å². The molecule has 1 aliphatic carbocycles. The first-order valence-corrected chi connectivity index (χ1v) is 8.54. The van der Waals surface area contributed by atoms with E-state index in [0.717, 1.165) is 5.69 Å². The second-order valence-corrected chi connectivity index (χ2v) is 5.93. The van der Waals surface area contributed by atoms with Crippen molar-refractivity contribution >= 4 is 22.9 Å². The van der Waals surface area contributed by atoms with E-state index in [4.69, 9.17) is 10.2 Å². The quantitative estimate of drug-likeness (QED) is 0.497. The second-order valence-electron chi connectivity index (χ2n) is 5.93. The Hall–Kier alpha value is -2.48. The number of carbonyl (C=O) groups is 1. The SMILES string of the molecule is CC1=C(O)/C(=N/c2ccc(NCCN(CCO)CCO)cc2)C=CC1=O. The van der Waals surface area contributed by atoms with Crippen LogP contribution in [-0.4, -0.2) is 71.1 Å². The third-order valence-electron chi connectivity index (χ3n) is 4.07. The molecular formula is C19H25N3O4. The molecule has 1 aromatic rings. The van der Waals surface area contributed by atoms with Crippen LogP contribution in [0.4, 0.5) is 11.4 Å². The Morgan fingerprint density at radius 1 is 1.04 bits per heavy atom. The van der Waals surface area contributed by atoms with Crippen LogP contribution in [0.5, 0.6) is 0 Å². The van der Waals surface area contributed by atoms with Gasteiger partial charge in [-0.05, 0) is 43.3 Å². The molecule has 0 saturated heterocycles. The molecule has 0 radical (unpaired) electrons. The Labute approximate surface area is 153 Å². The van der Waals surface area contributed by atoms with Gasteiger partial charge in [0.15, 0.2) is 5.78 Å². The van der Waals surface area contributed by atoms with E-state index >= 15 is 0 Å². The number of hydrogen-bond donors (Lipinski definition) is 4. The highest BCUT2D eigenvalue weighted by Crippen LogP contribution is 2.20. The van der Waals surface area contributed by atoms with Gasteiger partial charge in [-0.25, -0.2) is 4.99 Å². The number of carbonyl (C=O) groups excluding carboxylic acids is 1. The predicted molar refractivity (Wildman–Crippen MR) is 102 cm³/mol. The van der Waals surface area contributed by atoms with Crippen molar-refractivity contribution in [2.45, 2.75) is 6.92 Å². The Morgan fingerprint density at radius 2 is 1.69 bits per heavy atom. The number of benzene rings is 1. The van der Waals surface area contributed by atoms with Crippen molar-refractivity contribution in [3.63, 3.8) is 0 Å². The van der Waals surface area contributed by atoms with Gasteiger partial charge in [0.2, 0.25) is 0 Å². The summed E-state index contributed by atoms with van der Waals surface area (Å²) < 4.78 is 0. The van der Waals surface area contributed by atoms with E-state index in [-0.39, 0.29) is 24.8 Å². The first-order chi connectivity index (χ1) is 12.5. The highest BCUT2D eigenvalue weighted by atomic mass is 16.3. The number of nitrogens with one attached hydrogen (secondary N) is 1. The van der Waals surface area contributed by atoms with Crippen LogP contribution in [0.3, 0.4) is 0 Å². The van der Waals surface area contributed by atoms with Gasteiger partial charge in [0.05, 0.1) is 18.9 Å². The number of aliphatic imine (C=N–C) groups is 1. The van der Waals surface area contributed by atoms with Gasteiger partial charge in [0.1, 0.15) is 11.5 Å². The van der Waals surface area contributed by atoms with Crippen molar-refractivity contribution in [3.8, 4) is 0 Å². The van der Waals surface area contributed by atoms with Gasteiger partial charge in [-0.15, -0.1) is 0 Å². The largest absolute Gasteiger partial charge is 0.505 e. The van der Waals surface area contributed by atoms with Crippen molar-refractivity contribution in [2.75, 3.05) is 44.7 Å². The maximum absolute atomic E-state index is 11.5. The van der Waals surface area contributed by atoms with Gasteiger partial charge >= 0.3 is 0 Å². The lowest BCUT2D eigenvalue weighted by atomic mass is 10.0. The summed E-state index contributed by atoms with van der Waals surface area (Å²) in [5, 5.41) is 31.3. The monoisotopic (exact) mass is 359 g/mol. The highest BCUT2D eigenvalue weighted by molar-refractivity contribution is 6.21. The maximum Gasteiger partial charge on any atom is 0.185 e. The fourth-order valence-corrected chi connectivity index (χ4v) is 2.53. The molecule has 1 aromatic carbocycles. The predicted octanol–water partition coefficient (Wildman–Crippen LogP) is 1.43. The molecule has 7 nitrogen and oxygen atoms in total. The van der Waals surface area contributed by atoms with Crippen LogP contribution in [0.15, 0.2) is 52.7 Å². The first-order valence-electron chi connectivity index (χ1n) is 8.54. The minimum absolute atomic E-state index is 0.0653. The highest BCUT2D eigenvalue weighted by Gasteiger charge is 2.16. The zero-order valence-corrected chi connectivity index (χ0v) is 14.9. The zero-order valence-electron chi connectivity index (χ0n) is 14.9. The van der Waals surface area contributed by atoms with E-state index in [1.807, 2.05) is 29.2 Å². The molecule has 1 aliphatic rings. The van der Waals surface area contributed by atoms with Crippen LogP contribution < -0.4 is 5.32 Å². The minimum atomic E-state index is -0.211. The molecule has 0 unspecified atom stereocenters. The van der Waals surface area contributed by atoms with E-state index < -0.39 is 0 Å².